The van der Waals surface area contributed by atoms with Crippen LogP contribution < -0.4 is 5.32 Å². The van der Waals surface area contributed by atoms with Gasteiger partial charge in [0.1, 0.15) is 5.76 Å². The molecule has 1 aliphatic rings. The second-order valence-electron chi connectivity index (χ2n) is 4.35. The van der Waals surface area contributed by atoms with Crippen LogP contribution in [0.25, 0.3) is 0 Å². The molecule has 5 nitrogen and oxygen atoms in total. The molecule has 0 saturated carbocycles. The molecule has 2 N–H and O–H groups in total. The number of carbonyl (C=O) groups is 1. The molecule has 17 heavy (non-hydrogen) atoms. The lowest BCUT2D eigenvalue weighted by molar-refractivity contribution is 0.0127. The second kappa shape index (κ2) is 5.33. The van der Waals surface area contributed by atoms with Gasteiger partial charge in [-0.25, -0.2) is 4.79 Å². The first-order valence-corrected chi connectivity index (χ1v) is 5.82. The van der Waals surface area contributed by atoms with Gasteiger partial charge in [-0.2, -0.15) is 0 Å². The minimum Gasteiger partial charge on any atom is -0.475 e. The highest BCUT2D eigenvalue weighted by molar-refractivity contribution is 5.84. The Morgan fingerprint density at radius 3 is 3.06 bits per heavy atom. The minimum atomic E-state index is -1.03. The van der Waals surface area contributed by atoms with Crippen LogP contribution in [0.5, 0.6) is 0 Å². The second-order valence-corrected chi connectivity index (χ2v) is 4.35. The van der Waals surface area contributed by atoms with Crippen molar-refractivity contribution in [3.05, 3.63) is 23.7 Å². The van der Waals surface area contributed by atoms with Gasteiger partial charge in [0.05, 0.1) is 12.6 Å². The van der Waals surface area contributed by atoms with Crippen molar-refractivity contribution in [3.8, 4) is 0 Å². The van der Waals surface area contributed by atoms with Gasteiger partial charge >= 0.3 is 5.97 Å². The van der Waals surface area contributed by atoms with Crippen molar-refractivity contribution in [2.24, 2.45) is 0 Å². The summed E-state index contributed by atoms with van der Waals surface area (Å²) in [5.41, 5.74) is 0. The Morgan fingerprint density at radius 2 is 2.41 bits per heavy atom. The summed E-state index contributed by atoms with van der Waals surface area (Å²) in [6.07, 6.45) is 2.25. The van der Waals surface area contributed by atoms with Crippen LogP contribution in [0, 0.1) is 0 Å². The molecule has 0 aliphatic carbocycles. The average Bonchev–Trinajstić information content (AvgIpc) is 2.75. The van der Waals surface area contributed by atoms with Gasteiger partial charge in [0.15, 0.2) is 0 Å². The molecule has 1 saturated heterocycles. The van der Waals surface area contributed by atoms with E-state index in [1.54, 1.807) is 6.07 Å². The zero-order chi connectivity index (χ0) is 12.3. The highest BCUT2D eigenvalue weighted by Crippen LogP contribution is 2.14. The van der Waals surface area contributed by atoms with Gasteiger partial charge in [0.2, 0.25) is 5.76 Å². The Bertz CT molecular complexity index is 388. The Balaban J connectivity index is 1.82. The van der Waals surface area contributed by atoms with Crippen LogP contribution in [-0.2, 0) is 11.3 Å². The maximum absolute atomic E-state index is 10.6. The van der Waals surface area contributed by atoms with E-state index in [-0.39, 0.29) is 11.9 Å². The fourth-order valence-corrected chi connectivity index (χ4v) is 2.02. The van der Waals surface area contributed by atoms with Crippen LogP contribution in [0.2, 0.25) is 0 Å². The van der Waals surface area contributed by atoms with Crippen LogP contribution >= 0.6 is 0 Å². The van der Waals surface area contributed by atoms with E-state index in [0.29, 0.717) is 18.3 Å². The zero-order valence-electron chi connectivity index (χ0n) is 9.81. The highest BCUT2D eigenvalue weighted by Gasteiger charge is 2.19. The lowest BCUT2D eigenvalue weighted by Crippen LogP contribution is -2.37. The van der Waals surface area contributed by atoms with E-state index in [0.717, 1.165) is 19.4 Å². The third kappa shape index (κ3) is 3.31. The number of hydrogen-bond donors (Lipinski definition) is 2. The van der Waals surface area contributed by atoms with E-state index < -0.39 is 5.97 Å². The van der Waals surface area contributed by atoms with Gasteiger partial charge in [-0.15, -0.1) is 0 Å². The fraction of sp³-hybridized carbons (Fsp3) is 0.583. The molecule has 0 amide bonds. The number of hydrogen-bond acceptors (Lipinski definition) is 4. The topological polar surface area (TPSA) is 71.7 Å². The summed E-state index contributed by atoms with van der Waals surface area (Å²) in [5, 5.41) is 12.1. The molecule has 2 atom stereocenters. The summed E-state index contributed by atoms with van der Waals surface area (Å²) in [6, 6.07) is 3.59. The fourth-order valence-electron chi connectivity index (χ4n) is 2.02. The first kappa shape index (κ1) is 12.1. The maximum atomic E-state index is 10.6. The van der Waals surface area contributed by atoms with Crippen molar-refractivity contribution in [2.75, 3.05) is 6.61 Å². The third-order valence-corrected chi connectivity index (χ3v) is 2.92. The minimum absolute atomic E-state index is 0.0119. The predicted octanol–water partition coefficient (Wildman–Crippen LogP) is 1.63. The molecular formula is C12H17NO4. The van der Waals surface area contributed by atoms with Gasteiger partial charge < -0.3 is 19.6 Å². The summed E-state index contributed by atoms with van der Waals surface area (Å²) in [6.45, 7) is 3.39. The summed E-state index contributed by atoms with van der Waals surface area (Å²) >= 11 is 0. The standard InChI is InChI=1S/C12H17NO4/c1-8-6-9(4-5-16-8)13-7-10-2-3-11(17-10)12(14)15/h2-3,8-9,13H,4-7H2,1H3,(H,14,15). The Hall–Kier alpha value is -1.33. The molecule has 2 unspecified atom stereocenters. The molecule has 1 aromatic rings. The molecule has 0 radical (unpaired) electrons. The Morgan fingerprint density at radius 1 is 1.59 bits per heavy atom. The van der Waals surface area contributed by atoms with Gasteiger partial charge in [0.25, 0.3) is 0 Å². The largest absolute Gasteiger partial charge is 0.475 e. The number of furan rings is 1. The first-order valence-electron chi connectivity index (χ1n) is 5.82. The highest BCUT2D eigenvalue weighted by atomic mass is 16.5. The van der Waals surface area contributed by atoms with E-state index in [2.05, 4.69) is 12.2 Å². The number of rotatable bonds is 4. The molecule has 2 heterocycles. The van der Waals surface area contributed by atoms with E-state index >= 15 is 0 Å². The summed E-state index contributed by atoms with van der Waals surface area (Å²) in [4.78, 5) is 10.6. The molecule has 1 aliphatic heterocycles. The number of carboxylic acids is 1. The van der Waals surface area contributed by atoms with Crippen LogP contribution in [0.1, 0.15) is 36.1 Å². The quantitative estimate of drug-likeness (QED) is 0.835. The van der Waals surface area contributed by atoms with Crippen molar-refractivity contribution in [3.63, 3.8) is 0 Å². The average molecular weight is 239 g/mol. The van der Waals surface area contributed by atoms with E-state index in [1.807, 2.05) is 0 Å². The van der Waals surface area contributed by atoms with Crippen LogP contribution in [-0.4, -0.2) is 29.8 Å². The molecule has 1 aromatic heterocycles. The van der Waals surface area contributed by atoms with E-state index in [1.165, 1.54) is 6.07 Å². The SMILES string of the molecule is CC1CC(NCc2ccc(C(=O)O)o2)CCO1. The number of aromatic carboxylic acids is 1. The molecule has 0 spiro atoms. The molecule has 94 valence electrons. The van der Waals surface area contributed by atoms with Crippen molar-refractivity contribution in [1.29, 1.82) is 0 Å². The molecular weight excluding hydrogens is 222 g/mol. The summed E-state index contributed by atoms with van der Waals surface area (Å²) < 4.78 is 10.6. The van der Waals surface area contributed by atoms with E-state index in [4.69, 9.17) is 14.3 Å². The van der Waals surface area contributed by atoms with Crippen molar-refractivity contribution in [2.45, 2.75) is 38.5 Å². The van der Waals surface area contributed by atoms with Gasteiger partial charge in [-0.3, -0.25) is 0 Å². The van der Waals surface area contributed by atoms with Crippen LogP contribution in [0.4, 0.5) is 0 Å². The van der Waals surface area contributed by atoms with Crippen molar-refractivity contribution >= 4 is 5.97 Å². The number of ether oxygens (including phenoxy) is 1. The first-order chi connectivity index (χ1) is 8.15. The smallest absolute Gasteiger partial charge is 0.371 e. The molecule has 5 heteroatoms. The van der Waals surface area contributed by atoms with Crippen LogP contribution in [0.15, 0.2) is 16.5 Å². The zero-order valence-corrected chi connectivity index (χ0v) is 9.81. The van der Waals surface area contributed by atoms with Gasteiger partial charge in [-0.05, 0) is 31.9 Å². The van der Waals surface area contributed by atoms with Crippen molar-refractivity contribution in [1.82, 2.24) is 5.32 Å². The Kier molecular flexibility index (Phi) is 3.81. The summed E-state index contributed by atoms with van der Waals surface area (Å²) in [7, 11) is 0. The third-order valence-electron chi connectivity index (χ3n) is 2.92. The molecule has 2 rings (SSSR count). The lowest BCUT2D eigenvalue weighted by atomic mass is 10.0. The van der Waals surface area contributed by atoms with Gasteiger partial charge in [0, 0.05) is 12.6 Å². The summed E-state index contributed by atoms with van der Waals surface area (Å²) in [5.74, 6) is -0.389. The van der Waals surface area contributed by atoms with E-state index in [9.17, 15) is 4.79 Å². The van der Waals surface area contributed by atoms with Crippen LogP contribution in [0.3, 0.4) is 0 Å². The number of nitrogens with one attached hydrogen (secondary N) is 1. The maximum Gasteiger partial charge on any atom is 0.371 e. The predicted molar refractivity (Wildman–Crippen MR) is 60.9 cm³/mol. The molecule has 0 aromatic carbocycles. The molecule has 1 fully saturated rings. The van der Waals surface area contributed by atoms with Gasteiger partial charge in [-0.1, -0.05) is 0 Å². The Labute approximate surface area is 99.8 Å². The molecule has 0 bridgehead atoms. The monoisotopic (exact) mass is 239 g/mol. The lowest BCUT2D eigenvalue weighted by Gasteiger charge is -2.27. The van der Waals surface area contributed by atoms with Crippen molar-refractivity contribution < 1.29 is 19.1 Å². The number of carboxylic acid groups (broad SMARTS) is 1. The normalized spacial score (nSPS) is 24.8.